The summed E-state index contributed by atoms with van der Waals surface area (Å²) < 4.78 is 23.8. The van der Waals surface area contributed by atoms with E-state index in [1.165, 1.54) is 11.4 Å². The Labute approximate surface area is 130 Å². The summed E-state index contributed by atoms with van der Waals surface area (Å²) in [6.45, 7) is 0.783. The van der Waals surface area contributed by atoms with Gasteiger partial charge in [-0.05, 0) is 24.6 Å². The van der Waals surface area contributed by atoms with E-state index in [0.717, 1.165) is 17.2 Å². The molecule has 0 aliphatic carbocycles. The molecular formula is C15H19N3O3S. The maximum absolute atomic E-state index is 12.2. The Kier molecular flexibility index (Phi) is 5.10. The third kappa shape index (κ3) is 4.02. The molecule has 0 fully saturated rings. The fourth-order valence-corrected chi connectivity index (χ4v) is 2.53. The van der Waals surface area contributed by atoms with Crippen LogP contribution in [0.3, 0.4) is 0 Å². The maximum Gasteiger partial charge on any atom is 0.251 e. The highest BCUT2D eigenvalue weighted by Gasteiger charge is 2.12. The molecule has 7 heteroatoms. The van der Waals surface area contributed by atoms with Crippen LogP contribution in [-0.2, 0) is 10.0 Å². The van der Waals surface area contributed by atoms with Gasteiger partial charge in [0.15, 0.2) is 0 Å². The van der Waals surface area contributed by atoms with E-state index in [0.29, 0.717) is 25.1 Å². The van der Waals surface area contributed by atoms with Crippen molar-refractivity contribution in [3.05, 3.63) is 42.1 Å². The van der Waals surface area contributed by atoms with E-state index >= 15 is 0 Å². The van der Waals surface area contributed by atoms with Crippen molar-refractivity contribution in [3.63, 3.8) is 0 Å². The summed E-state index contributed by atoms with van der Waals surface area (Å²) >= 11 is 0. The Morgan fingerprint density at radius 3 is 2.77 bits per heavy atom. The average Bonchev–Trinajstić information content (AvgIpc) is 2.49. The summed E-state index contributed by atoms with van der Waals surface area (Å²) in [5, 5.41) is 3.61. The van der Waals surface area contributed by atoms with E-state index in [9.17, 15) is 13.2 Å². The summed E-state index contributed by atoms with van der Waals surface area (Å²) in [6, 6.07) is 9.05. The Hall–Kier alpha value is -1.99. The quantitative estimate of drug-likeness (QED) is 0.812. The van der Waals surface area contributed by atoms with Gasteiger partial charge in [-0.1, -0.05) is 12.1 Å². The van der Waals surface area contributed by atoms with Gasteiger partial charge in [0, 0.05) is 37.3 Å². The molecule has 0 radical (unpaired) electrons. The number of amides is 1. The molecule has 1 heterocycles. The minimum absolute atomic E-state index is 0.180. The Bertz CT molecular complexity index is 769. The molecule has 0 aliphatic rings. The second-order valence-corrected chi connectivity index (χ2v) is 7.16. The zero-order valence-corrected chi connectivity index (χ0v) is 13.4. The summed E-state index contributed by atoms with van der Waals surface area (Å²) in [5.74, 6) is -0.180. The number of hydrogen-bond donors (Lipinski definition) is 1. The molecule has 22 heavy (non-hydrogen) atoms. The SMILES string of the molecule is CN(CCCNC(=O)c1cccc2ncccc12)S(C)(=O)=O. The first-order chi connectivity index (χ1) is 10.4. The van der Waals surface area contributed by atoms with Crippen molar-refractivity contribution in [1.82, 2.24) is 14.6 Å². The van der Waals surface area contributed by atoms with Crippen molar-refractivity contribution >= 4 is 26.8 Å². The van der Waals surface area contributed by atoms with Crippen LogP contribution in [-0.4, -0.2) is 50.0 Å². The van der Waals surface area contributed by atoms with Gasteiger partial charge in [0.2, 0.25) is 10.0 Å². The van der Waals surface area contributed by atoms with E-state index in [1.807, 2.05) is 12.1 Å². The highest BCUT2D eigenvalue weighted by molar-refractivity contribution is 7.88. The van der Waals surface area contributed by atoms with Crippen LogP contribution in [0.2, 0.25) is 0 Å². The number of pyridine rings is 1. The second kappa shape index (κ2) is 6.85. The number of aromatic nitrogens is 1. The number of nitrogens with zero attached hydrogens (tertiary/aromatic N) is 2. The van der Waals surface area contributed by atoms with Crippen LogP contribution in [0.5, 0.6) is 0 Å². The molecule has 1 aromatic carbocycles. The lowest BCUT2D eigenvalue weighted by molar-refractivity contribution is 0.0954. The van der Waals surface area contributed by atoms with Gasteiger partial charge in [-0.2, -0.15) is 0 Å². The van der Waals surface area contributed by atoms with Gasteiger partial charge in [0.1, 0.15) is 0 Å². The van der Waals surface area contributed by atoms with E-state index in [4.69, 9.17) is 0 Å². The normalized spacial score (nSPS) is 11.8. The molecule has 0 atom stereocenters. The summed E-state index contributed by atoms with van der Waals surface area (Å²) in [4.78, 5) is 16.4. The highest BCUT2D eigenvalue weighted by Crippen LogP contribution is 2.16. The van der Waals surface area contributed by atoms with Gasteiger partial charge in [0.05, 0.1) is 11.8 Å². The molecule has 1 N–H and O–H groups in total. The Morgan fingerprint density at radius 2 is 2.05 bits per heavy atom. The zero-order chi connectivity index (χ0) is 16.2. The molecule has 2 rings (SSSR count). The number of fused-ring (bicyclic) bond motifs is 1. The number of carbonyl (C=O) groups excluding carboxylic acids is 1. The van der Waals surface area contributed by atoms with Crippen molar-refractivity contribution in [3.8, 4) is 0 Å². The monoisotopic (exact) mass is 321 g/mol. The van der Waals surface area contributed by atoms with Gasteiger partial charge >= 0.3 is 0 Å². The third-order valence-corrected chi connectivity index (χ3v) is 4.71. The standard InChI is InChI=1S/C15H19N3O3S/c1-18(22(2,20)21)11-5-10-17-15(19)13-6-3-8-14-12(13)7-4-9-16-14/h3-4,6-9H,5,10-11H2,1-2H3,(H,17,19). The van der Waals surface area contributed by atoms with Gasteiger partial charge in [-0.3, -0.25) is 9.78 Å². The molecule has 0 saturated carbocycles. The van der Waals surface area contributed by atoms with Crippen molar-refractivity contribution < 1.29 is 13.2 Å². The first-order valence-electron chi connectivity index (χ1n) is 6.93. The molecule has 0 aliphatic heterocycles. The fourth-order valence-electron chi connectivity index (χ4n) is 2.07. The van der Waals surface area contributed by atoms with E-state index in [2.05, 4.69) is 10.3 Å². The van der Waals surface area contributed by atoms with Crippen LogP contribution in [0.15, 0.2) is 36.5 Å². The first-order valence-corrected chi connectivity index (χ1v) is 8.77. The number of sulfonamides is 1. The summed E-state index contributed by atoms with van der Waals surface area (Å²) in [7, 11) is -1.65. The Morgan fingerprint density at radius 1 is 1.27 bits per heavy atom. The van der Waals surface area contributed by atoms with Gasteiger partial charge in [-0.25, -0.2) is 12.7 Å². The predicted molar refractivity (Wildman–Crippen MR) is 86.2 cm³/mol. The van der Waals surface area contributed by atoms with E-state index < -0.39 is 10.0 Å². The van der Waals surface area contributed by atoms with Gasteiger partial charge in [-0.15, -0.1) is 0 Å². The lowest BCUT2D eigenvalue weighted by Gasteiger charge is -2.14. The molecule has 1 amide bonds. The average molecular weight is 321 g/mol. The van der Waals surface area contributed by atoms with Crippen LogP contribution in [0.4, 0.5) is 0 Å². The van der Waals surface area contributed by atoms with Crippen molar-refractivity contribution in [2.75, 3.05) is 26.4 Å². The molecule has 0 spiro atoms. The number of benzene rings is 1. The molecule has 118 valence electrons. The third-order valence-electron chi connectivity index (χ3n) is 3.39. The molecule has 6 nitrogen and oxygen atoms in total. The smallest absolute Gasteiger partial charge is 0.251 e. The summed E-state index contributed by atoms with van der Waals surface area (Å²) in [5.41, 5.74) is 1.34. The zero-order valence-electron chi connectivity index (χ0n) is 12.6. The van der Waals surface area contributed by atoms with Crippen LogP contribution < -0.4 is 5.32 Å². The van der Waals surface area contributed by atoms with Crippen LogP contribution in [0, 0.1) is 0 Å². The van der Waals surface area contributed by atoms with Crippen molar-refractivity contribution in [2.24, 2.45) is 0 Å². The number of carbonyl (C=O) groups is 1. The minimum Gasteiger partial charge on any atom is -0.352 e. The van der Waals surface area contributed by atoms with E-state index in [-0.39, 0.29) is 5.91 Å². The fraction of sp³-hybridized carbons (Fsp3) is 0.333. The van der Waals surface area contributed by atoms with Gasteiger partial charge < -0.3 is 5.32 Å². The maximum atomic E-state index is 12.2. The highest BCUT2D eigenvalue weighted by atomic mass is 32.2. The topological polar surface area (TPSA) is 79.4 Å². The molecular weight excluding hydrogens is 302 g/mol. The summed E-state index contributed by atoms with van der Waals surface area (Å²) in [6.07, 6.45) is 3.40. The number of rotatable bonds is 6. The number of hydrogen-bond acceptors (Lipinski definition) is 4. The first kappa shape index (κ1) is 16.4. The molecule has 1 aromatic heterocycles. The molecule has 2 aromatic rings. The van der Waals surface area contributed by atoms with Crippen molar-refractivity contribution in [2.45, 2.75) is 6.42 Å². The Balaban J connectivity index is 1.95. The number of nitrogens with one attached hydrogen (secondary N) is 1. The van der Waals surface area contributed by atoms with Crippen molar-refractivity contribution in [1.29, 1.82) is 0 Å². The second-order valence-electron chi connectivity index (χ2n) is 5.07. The minimum atomic E-state index is -3.17. The lowest BCUT2D eigenvalue weighted by atomic mass is 10.1. The lowest BCUT2D eigenvalue weighted by Crippen LogP contribution is -2.31. The van der Waals surface area contributed by atoms with Crippen LogP contribution in [0.1, 0.15) is 16.8 Å². The predicted octanol–water partition coefficient (Wildman–Crippen LogP) is 1.25. The van der Waals surface area contributed by atoms with Crippen LogP contribution >= 0.6 is 0 Å². The van der Waals surface area contributed by atoms with Crippen LogP contribution in [0.25, 0.3) is 10.9 Å². The molecule has 0 bridgehead atoms. The molecule has 0 unspecified atom stereocenters. The largest absolute Gasteiger partial charge is 0.352 e. The van der Waals surface area contributed by atoms with E-state index in [1.54, 1.807) is 24.4 Å². The molecule has 0 saturated heterocycles. The van der Waals surface area contributed by atoms with Gasteiger partial charge in [0.25, 0.3) is 5.91 Å².